The summed E-state index contributed by atoms with van der Waals surface area (Å²) in [6.45, 7) is 7.05. The molecule has 0 aliphatic carbocycles. The summed E-state index contributed by atoms with van der Waals surface area (Å²) in [5, 5.41) is 7.95. The Morgan fingerprint density at radius 2 is 2.10 bits per heavy atom. The lowest BCUT2D eigenvalue weighted by atomic mass is 10.1. The van der Waals surface area contributed by atoms with Gasteiger partial charge in [-0.25, -0.2) is 9.50 Å². The number of para-hydroxylation sites is 1. The van der Waals surface area contributed by atoms with Crippen LogP contribution < -0.4 is 5.32 Å². The molecular formula is C17H20N4. The number of rotatable bonds is 4. The molecule has 0 atom stereocenters. The zero-order valence-electron chi connectivity index (χ0n) is 12.7. The van der Waals surface area contributed by atoms with Crippen LogP contribution in [0.3, 0.4) is 0 Å². The number of benzene rings is 1. The van der Waals surface area contributed by atoms with Crippen LogP contribution in [0, 0.1) is 13.8 Å². The summed E-state index contributed by atoms with van der Waals surface area (Å²) in [5.41, 5.74) is 6.85. The van der Waals surface area contributed by atoms with E-state index in [2.05, 4.69) is 47.4 Å². The zero-order chi connectivity index (χ0) is 14.8. The van der Waals surface area contributed by atoms with Crippen LogP contribution in [0.1, 0.15) is 29.3 Å². The van der Waals surface area contributed by atoms with Crippen molar-refractivity contribution in [3.8, 4) is 0 Å². The summed E-state index contributed by atoms with van der Waals surface area (Å²) < 4.78 is 1.84. The lowest BCUT2D eigenvalue weighted by Crippen LogP contribution is -2.05. The van der Waals surface area contributed by atoms with Gasteiger partial charge in [0.25, 0.3) is 0 Å². The Morgan fingerprint density at radius 3 is 2.90 bits per heavy atom. The third-order valence-electron chi connectivity index (χ3n) is 3.70. The summed E-state index contributed by atoms with van der Waals surface area (Å²) in [6, 6.07) is 8.40. The highest BCUT2D eigenvalue weighted by atomic mass is 15.2. The van der Waals surface area contributed by atoms with Crippen molar-refractivity contribution in [2.24, 2.45) is 0 Å². The van der Waals surface area contributed by atoms with Gasteiger partial charge in [-0.2, -0.15) is 5.10 Å². The lowest BCUT2D eigenvalue weighted by Gasteiger charge is -2.14. The van der Waals surface area contributed by atoms with E-state index in [1.807, 2.05) is 29.9 Å². The maximum Gasteiger partial charge on any atom is 0.155 e. The molecule has 1 aromatic carbocycles. The third-order valence-corrected chi connectivity index (χ3v) is 3.70. The van der Waals surface area contributed by atoms with E-state index < -0.39 is 0 Å². The number of aromatic nitrogens is 3. The molecule has 4 heteroatoms. The average Bonchev–Trinajstić information content (AvgIpc) is 2.85. The van der Waals surface area contributed by atoms with Gasteiger partial charge in [0.05, 0.1) is 5.69 Å². The minimum absolute atomic E-state index is 0.750. The molecule has 3 rings (SSSR count). The molecule has 2 aromatic heterocycles. The molecule has 0 saturated carbocycles. The molecule has 0 spiro atoms. The Labute approximate surface area is 124 Å². The van der Waals surface area contributed by atoms with Crippen molar-refractivity contribution in [2.75, 3.05) is 5.32 Å². The third kappa shape index (κ3) is 2.75. The van der Waals surface area contributed by atoms with E-state index in [9.17, 15) is 0 Å². The van der Waals surface area contributed by atoms with Crippen LogP contribution in [-0.4, -0.2) is 14.6 Å². The standard InChI is InChI=1S/C17H20N4/c1-4-15-7-5-6-12(2)17(15)19-10-14-9-18-16-8-13(3)20-21(16)11-14/h5-9,11,19H,4,10H2,1-3H3. The van der Waals surface area contributed by atoms with Crippen molar-refractivity contribution in [1.29, 1.82) is 0 Å². The molecule has 0 aliphatic heterocycles. The maximum absolute atomic E-state index is 4.44. The van der Waals surface area contributed by atoms with Crippen molar-refractivity contribution < 1.29 is 0 Å². The Balaban J connectivity index is 1.83. The van der Waals surface area contributed by atoms with Crippen LogP contribution >= 0.6 is 0 Å². The molecular weight excluding hydrogens is 260 g/mol. The van der Waals surface area contributed by atoms with Crippen molar-refractivity contribution in [3.63, 3.8) is 0 Å². The van der Waals surface area contributed by atoms with Crippen molar-refractivity contribution >= 4 is 11.3 Å². The summed E-state index contributed by atoms with van der Waals surface area (Å²) in [5.74, 6) is 0. The average molecular weight is 280 g/mol. The number of nitrogens with zero attached hydrogens (tertiary/aromatic N) is 3. The molecule has 0 radical (unpaired) electrons. The molecule has 2 heterocycles. The van der Waals surface area contributed by atoms with Crippen molar-refractivity contribution in [2.45, 2.75) is 33.7 Å². The van der Waals surface area contributed by atoms with E-state index in [1.54, 1.807) is 0 Å². The van der Waals surface area contributed by atoms with E-state index in [0.29, 0.717) is 0 Å². The zero-order valence-corrected chi connectivity index (χ0v) is 12.7. The Kier molecular flexibility index (Phi) is 3.60. The van der Waals surface area contributed by atoms with Gasteiger partial charge < -0.3 is 5.32 Å². The summed E-state index contributed by atoms with van der Waals surface area (Å²) in [6.07, 6.45) is 4.97. The van der Waals surface area contributed by atoms with E-state index >= 15 is 0 Å². The van der Waals surface area contributed by atoms with Crippen molar-refractivity contribution in [1.82, 2.24) is 14.6 Å². The van der Waals surface area contributed by atoms with Crippen molar-refractivity contribution in [3.05, 3.63) is 59.0 Å². The first-order valence-electron chi connectivity index (χ1n) is 7.30. The molecule has 0 unspecified atom stereocenters. The van der Waals surface area contributed by atoms with Gasteiger partial charge in [-0.15, -0.1) is 0 Å². The first kappa shape index (κ1) is 13.6. The molecule has 0 aliphatic rings. The molecule has 0 bridgehead atoms. The Bertz CT molecular complexity index is 774. The number of fused-ring (bicyclic) bond motifs is 1. The van der Waals surface area contributed by atoms with E-state index in [0.717, 1.165) is 29.9 Å². The normalized spacial score (nSPS) is 11.0. The minimum Gasteiger partial charge on any atom is -0.380 e. The van der Waals surface area contributed by atoms with E-state index in [4.69, 9.17) is 0 Å². The Hall–Kier alpha value is -2.36. The molecule has 0 fully saturated rings. The highest BCUT2D eigenvalue weighted by Gasteiger charge is 2.05. The van der Waals surface area contributed by atoms with E-state index in [1.165, 1.54) is 16.8 Å². The van der Waals surface area contributed by atoms with Gasteiger partial charge in [0, 0.05) is 36.3 Å². The van der Waals surface area contributed by atoms with Gasteiger partial charge in [-0.3, -0.25) is 0 Å². The molecule has 3 aromatic rings. The van der Waals surface area contributed by atoms with Gasteiger partial charge >= 0.3 is 0 Å². The second-order valence-corrected chi connectivity index (χ2v) is 5.37. The van der Waals surface area contributed by atoms with Crippen LogP contribution in [0.25, 0.3) is 5.65 Å². The fourth-order valence-electron chi connectivity index (χ4n) is 2.59. The van der Waals surface area contributed by atoms with Crippen LogP contribution in [0.4, 0.5) is 5.69 Å². The van der Waals surface area contributed by atoms with Crippen LogP contribution in [0.15, 0.2) is 36.7 Å². The summed E-state index contributed by atoms with van der Waals surface area (Å²) >= 11 is 0. The quantitative estimate of drug-likeness (QED) is 0.795. The Morgan fingerprint density at radius 1 is 1.24 bits per heavy atom. The van der Waals surface area contributed by atoms with Gasteiger partial charge in [0.15, 0.2) is 5.65 Å². The second-order valence-electron chi connectivity index (χ2n) is 5.37. The predicted molar refractivity (Wildman–Crippen MR) is 85.6 cm³/mol. The molecule has 4 nitrogen and oxygen atoms in total. The molecule has 21 heavy (non-hydrogen) atoms. The monoisotopic (exact) mass is 280 g/mol. The van der Waals surface area contributed by atoms with Crippen LogP contribution in [0.2, 0.25) is 0 Å². The molecule has 108 valence electrons. The number of nitrogens with one attached hydrogen (secondary N) is 1. The van der Waals surface area contributed by atoms with E-state index in [-0.39, 0.29) is 0 Å². The van der Waals surface area contributed by atoms with Gasteiger partial charge in [0.2, 0.25) is 0 Å². The largest absolute Gasteiger partial charge is 0.380 e. The highest BCUT2D eigenvalue weighted by molar-refractivity contribution is 5.57. The van der Waals surface area contributed by atoms with Gasteiger partial charge in [0.1, 0.15) is 0 Å². The fourth-order valence-corrected chi connectivity index (χ4v) is 2.59. The smallest absolute Gasteiger partial charge is 0.155 e. The lowest BCUT2D eigenvalue weighted by molar-refractivity contribution is 0.894. The number of hydrogen-bond acceptors (Lipinski definition) is 3. The van der Waals surface area contributed by atoms with Crippen LogP contribution in [-0.2, 0) is 13.0 Å². The summed E-state index contributed by atoms with van der Waals surface area (Å²) in [7, 11) is 0. The fraction of sp³-hybridized carbons (Fsp3) is 0.294. The van der Waals surface area contributed by atoms with Crippen LogP contribution in [0.5, 0.6) is 0 Å². The minimum atomic E-state index is 0.750. The number of anilines is 1. The first-order valence-corrected chi connectivity index (χ1v) is 7.30. The first-order chi connectivity index (χ1) is 10.2. The molecule has 1 N–H and O–H groups in total. The maximum atomic E-state index is 4.44. The predicted octanol–water partition coefficient (Wildman–Crippen LogP) is 3.52. The molecule has 0 saturated heterocycles. The second kappa shape index (κ2) is 5.56. The molecule has 0 amide bonds. The van der Waals surface area contributed by atoms with Gasteiger partial charge in [-0.05, 0) is 31.4 Å². The highest BCUT2D eigenvalue weighted by Crippen LogP contribution is 2.21. The number of aryl methyl sites for hydroxylation is 3. The number of hydrogen-bond donors (Lipinski definition) is 1. The SMILES string of the molecule is CCc1cccc(C)c1NCc1cnc2cc(C)nn2c1. The van der Waals surface area contributed by atoms with Gasteiger partial charge in [-0.1, -0.05) is 25.1 Å². The topological polar surface area (TPSA) is 42.2 Å². The summed E-state index contributed by atoms with van der Waals surface area (Å²) in [4.78, 5) is 4.44.